The van der Waals surface area contributed by atoms with Crippen LogP contribution in [0.4, 0.5) is 4.79 Å². The first-order chi connectivity index (χ1) is 12.3. The summed E-state index contributed by atoms with van der Waals surface area (Å²) in [7, 11) is -3.25. The molecule has 1 amide bonds. The van der Waals surface area contributed by atoms with Gasteiger partial charge in [0.25, 0.3) is 5.89 Å². The van der Waals surface area contributed by atoms with Gasteiger partial charge in [-0.05, 0) is 37.1 Å². The van der Waals surface area contributed by atoms with Gasteiger partial charge >= 0.3 is 6.09 Å². The number of hydrogen-bond donors (Lipinski definition) is 1. The molecule has 0 saturated carbocycles. The number of carbonyl (C=O) groups is 1. The molecule has 0 aliphatic carbocycles. The highest BCUT2D eigenvalue weighted by molar-refractivity contribution is 7.90. The Balaban J connectivity index is 1.56. The second kappa shape index (κ2) is 7.42. The van der Waals surface area contributed by atoms with Gasteiger partial charge < -0.3 is 19.3 Å². The molecule has 2 aromatic rings. The van der Waals surface area contributed by atoms with Crippen molar-refractivity contribution in [3.63, 3.8) is 0 Å². The third kappa shape index (κ3) is 4.38. The van der Waals surface area contributed by atoms with Gasteiger partial charge in [-0.25, -0.2) is 13.2 Å². The maximum absolute atomic E-state index is 11.5. The van der Waals surface area contributed by atoms with Crippen LogP contribution in [0.2, 0.25) is 0 Å². The van der Waals surface area contributed by atoms with Crippen LogP contribution >= 0.6 is 0 Å². The third-order valence-electron chi connectivity index (χ3n) is 4.16. The highest BCUT2D eigenvalue weighted by Gasteiger charge is 2.23. The molecule has 0 unspecified atom stereocenters. The Labute approximate surface area is 150 Å². The van der Waals surface area contributed by atoms with Gasteiger partial charge in [-0.1, -0.05) is 5.16 Å². The number of carboxylic acid groups (broad SMARTS) is 1. The molecule has 2 heterocycles. The van der Waals surface area contributed by atoms with Crippen LogP contribution in [0.1, 0.15) is 18.7 Å². The largest absolute Gasteiger partial charge is 0.465 e. The Kier molecular flexibility index (Phi) is 5.23. The average molecular weight is 381 g/mol. The molecule has 0 bridgehead atoms. The summed E-state index contributed by atoms with van der Waals surface area (Å²) >= 11 is 0. The van der Waals surface area contributed by atoms with Gasteiger partial charge in [-0.15, -0.1) is 0 Å². The first-order valence-corrected chi connectivity index (χ1v) is 9.94. The maximum Gasteiger partial charge on any atom is 0.407 e. The summed E-state index contributed by atoms with van der Waals surface area (Å²) in [6.45, 7) is 1.04. The zero-order valence-electron chi connectivity index (χ0n) is 14.2. The molecule has 1 aliphatic heterocycles. The maximum atomic E-state index is 11.5. The number of hydrogen-bond acceptors (Lipinski definition) is 7. The first kappa shape index (κ1) is 18.3. The number of ether oxygens (including phenoxy) is 1. The highest BCUT2D eigenvalue weighted by atomic mass is 32.2. The topological polar surface area (TPSA) is 123 Å². The molecule has 0 atom stereocenters. The molecule has 1 aliphatic rings. The quantitative estimate of drug-likeness (QED) is 0.832. The molecule has 0 radical (unpaired) electrons. The van der Waals surface area contributed by atoms with Gasteiger partial charge in [-0.2, -0.15) is 4.98 Å². The highest BCUT2D eigenvalue weighted by Crippen LogP contribution is 2.20. The number of piperidine rings is 1. The molecular weight excluding hydrogens is 362 g/mol. The summed E-state index contributed by atoms with van der Waals surface area (Å²) in [6, 6.07) is 6.22. The fraction of sp³-hybridized carbons (Fsp3) is 0.438. The van der Waals surface area contributed by atoms with E-state index in [2.05, 4.69) is 10.1 Å². The van der Waals surface area contributed by atoms with Crippen molar-refractivity contribution in [2.45, 2.75) is 30.4 Å². The van der Waals surface area contributed by atoms with Gasteiger partial charge in [-0.3, -0.25) is 0 Å². The fourth-order valence-electron chi connectivity index (χ4n) is 2.68. The van der Waals surface area contributed by atoms with Crippen molar-refractivity contribution in [1.29, 1.82) is 0 Å². The van der Waals surface area contributed by atoms with Crippen LogP contribution in [0.3, 0.4) is 0 Å². The Bertz CT molecular complexity index is 870. The first-order valence-electron chi connectivity index (χ1n) is 8.05. The molecule has 1 aromatic heterocycles. The number of likely N-dealkylation sites (tertiary alicyclic amines) is 1. The van der Waals surface area contributed by atoms with E-state index in [0.717, 1.165) is 6.26 Å². The molecule has 10 heteroatoms. The Morgan fingerprint density at radius 2 is 1.96 bits per heavy atom. The monoisotopic (exact) mass is 381 g/mol. The summed E-state index contributed by atoms with van der Waals surface area (Å²) in [5, 5.41) is 12.8. The van der Waals surface area contributed by atoms with E-state index in [-0.39, 0.29) is 17.6 Å². The second-order valence-electron chi connectivity index (χ2n) is 6.09. The minimum Gasteiger partial charge on any atom is -0.465 e. The van der Waals surface area contributed by atoms with Crippen molar-refractivity contribution in [1.82, 2.24) is 15.0 Å². The summed E-state index contributed by atoms with van der Waals surface area (Å²) < 4.78 is 33.8. The number of benzene rings is 1. The molecular formula is C16H19N3O6S. The molecule has 1 fully saturated rings. The minimum absolute atomic E-state index is 0.0463. The molecule has 26 heavy (non-hydrogen) atoms. The van der Waals surface area contributed by atoms with Gasteiger partial charge in [0, 0.05) is 24.9 Å². The zero-order chi connectivity index (χ0) is 18.7. The summed E-state index contributed by atoms with van der Waals surface area (Å²) in [5.74, 6) is 0.664. The molecule has 1 N–H and O–H groups in total. The van der Waals surface area contributed by atoms with Crippen LogP contribution in [0.5, 0.6) is 0 Å². The second-order valence-corrected chi connectivity index (χ2v) is 8.10. The van der Waals surface area contributed by atoms with Gasteiger partial charge in [0.2, 0.25) is 5.82 Å². The van der Waals surface area contributed by atoms with Gasteiger partial charge in [0.05, 0.1) is 11.0 Å². The lowest BCUT2D eigenvalue weighted by Crippen LogP contribution is -2.40. The van der Waals surface area contributed by atoms with E-state index < -0.39 is 15.9 Å². The van der Waals surface area contributed by atoms with Crippen LogP contribution < -0.4 is 0 Å². The lowest BCUT2D eigenvalue weighted by molar-refractivity contribution is -0.00953. The Morgan fingerprint density at radius 3 is 2.54 bits per heavy atom. The minimum atomic E-state index is -3.25. The average Bonchev–Trinajstić information content (AvgIpc) is 3.09. The lowest BCUT2D eigenvalue weighted by Gasteiger charge is -2.29. The fourth-order valence-corrected chi connectivity index (χ4v) is 3.32. The van der Waals surface area contributed by atoms with Gasteiger partial charge in [0.1, 0.15) is 6.61 Å². The van der Waals surface area contributed by atoms with Crippen LogP contribution in [-0.4, -0.2) is 60.1 Å². The molecule has 9 nitrogen and oxygen atoms in total. The number of rotatable bonds is 5. The van der Waals surface area contributed by atoms with Crippen molar-refractivity contribution < 1.29 is 27.6 Å². The third-order valence-corrected chi connectivity index (χ3v) is 5.29. The summed E-state index contributed by atoms with van der Waals surface area (Å²) in [6.07, 6.45) is 1.44. The molecule has 0 spiro atoms. The van der Waals surface area contributed by atoms with Gasteiger partial charge in [0.15, 0.2) is 9.84 Å². The van der Waals surface area contributed by atoms with Crippen LogP contribution in [0, 0.1) is 0 Å². The smallest absolute Gasteiger partial charge is 0.407 e. The SMILES string of the molecule is CS(=O)(=O)c1ccc(-c2noc(COC3CCN(C(=O)O)CC3)n2)cc1. The van der Waals surface area contributed by atoms with E-state index in [0.29, 0.717) is 43.2 Å². The standard InChI is InChI=1S/C16H19N3O6S/c1-26(22,23)13-4-2-11(3-5-13)15-17-14(25-18-15)10-24-12-6-8-19(9-7-12)16(20)21/h2-5,12H,6-10H2,1H3,(H,20,21). The van der Waals surface area contributed by atoms with Crippen LogP contribution in [0.15, 0.2) is 33.7 Å². The lowest BCUT2D eigenvalue weighted by atomic mass is 10.1. The number of amides is 1. The Morgan fingerprint density at radius 1 is 1.31 bits per heavy atom. The molecule has 140 valence electrons. The van der Waals surface area contributed by atoms with E-state index in [1.54, 1.807) is 12.1 Å². The molecule has 3 rings (SSSR count). The van der Waals surface area contributed by atoms with Crippen LogP contribution in [-0.2, 0) is 21.2 Å². The van der Waals surface area contributed by atoms with Crippen LogP contribution in [0.25, 0.3) is 11.4 Å². The van der Waals surface area contributed by atoms with E-state index in [1.165, 1.54) is 17.0 Å². The van der Waals surface area contributed by atoms with Crippen molar-refractivity contribution in [2.75, 3.05) is 19.3 Å². The predicted molar refractivity (Wildman–Crippen MR) is 90.3 cm³/mol. The van der Waals surface area contributed by atoms with Crippen molar-refractivity contribution in [3.8, 4) is 11.4 Å². The normalized spacial score (nSPS) is 16.0. The summed E-state index contributed by atoms with van der Waals surface area (Å²) in [4.78, 5) is 16.7. The van der Waals surface area contributed by atoms with Crippen molar-refractivity contribution >= 4 is 15.9 Å². The molecule has 1 aromatic carbocycles. The number of aromatic nitrogens is 2. The Hall–Kier alpha value is -2.46. The number of sulfone groups is 1. The molecule has 1 saturated heterocycles. The predicted octanol–water partition coefficient (Wildman–Crippen LogP) is 1.80. The van der Waals surface area contributed by atoms with E-state index in [4.69, 9.17) is 14.4 Å². The van der Waals surface area contributed by atoms with E-state index >= 15 is 0 Å². The summed E-state index contributed by atoms with van der Waals surface area (Å²) in [5.41, 5.74) is 0.641. The van der Waals surface area contributed by atoms with Crippen molar-refractivity contribution in [2.24, 2.45) is 0 Å². The van der Waals surface area contributed by atoms with Crippen molar-refractivity contribution in [3.05, 3.63) is 30.2 Å². The van der Waals surface area contributed by atoms with E-state index in [9.17, 15) is 13.2 Å². The number of nitrogens with zero attached hydrogens (tertiary/aromatic N) is 3. The zero-order valence-corrected chi connectivity index (χ0v) is 15.0. The van der Waals surface area contributed by atoms with E-state index in [1.807, 2.05) is 0 Å².